The maximum atomic E-state index is 15.5. The molecule has 1 nitrogen and oxygen atoms in total. The van der Waals surface area contributed by atoms with Gasteiger partial charge < -0.3 is 4.90 Å². The first-order chi connectivity index (χ1) is 24.1. The van der Waals surface area contributed by atoms with Crippen molar-refractivity contribution in [2.75, 3.05) is 11.9 Å². The molecule has 0 fully saturated rings. The van der Waals surface area contributed by atoms with Gasteiger partial charge in [-0.2, -0.15) is 0 Å². The molecule has 0 aromatic heterocycles. The predicted molar refractivity (Wildman–Crippen MR) is 136 cm³/mol. The highest BCUT2D eigenvalue weighted by Gasteiger charge is 2.39. The highest BCUT2D eigenvalue weighted by molar-refractivity contribution is 6.02. The molecule has 274 valence electrons. The van der Waals surface area contributed by atoms with E-state index in [1.807, 2.05) is 0 Å². The molecule has 0 unspecified atom stereocenters. The Kier molecular flexibility index (Phi) is 9.38. The number of nitrogens with zero attached hydrogens (tertiary/aromatic N) is 1. The van der Waals surface area contributed by atoms with E-state index in [0.717, 1.165) is 0 Å². The smallest absolute Gasteiger partial charge is 0.200 e. The van der Waals surface area contributed by atoms with Gasteiger partial charge in [-0.15, -0.1) is 0 Å². The minimum Gasteiger partial charge on any atom is -0.339 e. The van der Waals surface area contributed by atoms with Crippen molar-refractivity contribution in [3.05, 3.63) is 128 Å². The lowest BCUT2D eigenvalue weighted by Gasteiger charge is -2.28. The summed E-state index contributed by atoms with van der Waals surface area (Å²) in [5, 5.41) is 0. The Labute approximate surface area is 273 Å². The highest BCUT2D eigenvalue weighted by atomic mass is 19.2. The quantitative estimate of drug-likeness (QED) is 0.0977. The third-order valence-corrected chi connectivity index (χ3v) is 7.47. The second-order valence-electron chi connectivity index (χ2n) is 10.2. The molecule has 0 saturated heterocycles. The predicted octanol–water partition coefficient (Wildman–Crippen LogP) is 11.2. The fourth-order valence-electron chi connectivity index (χ4n) is 5.09. The van der Waals surface area contributed by atoms with Gasteiger partial charge in [0.05, 0.1) is 16.7 Å². The van der Waals surface area contributed by atoms with Gasteiger partial charge in [-0.25, -0.2) is 87.8 Å². The van der Waals surface area contributed by atoms with E-state index in [0.29, 0.717) is 0 Å². The lowest BCUT2D eigenvalue weighted by molar-refractivity contribution is 0.379. The van der Waals surface area contributed by atoms with E-state index >= 15 is 26.3 Å². The minimum absolute atomic E-state index is 0.0750. The van der Waals surface area contributed by atoms with Crippen LogP contribution >= 0.6 is 0 Å². The molecule has 0 saturated carbocycles. The molecular weight excluding hydrogens is 766 g/mol. The topological polar surface area (TPSA) is 3.24 Å². The summed E-state index contributed by atoms with van der Waals surface area (Å²) >= 11 is 0. The van der Waals surface area contributed by atoms with Crippen molar-refractivity contribution < 1.29 is 87.8 Å². The number of halogens is 20. The molecule has 0 radical (unpaired) electrons. The zero-order chi connectivity index (χ0) is 39.2. The van der Waals surface area contributed by atoms with Crippen molar-refractivity contribution in [1.82, 2.24) is 0 Å². The molecule has 0 aliphatic rings. The fourth-order valence-corrected chi connectivity index (χ4v) is 5.09. The first-order valence-electron chi connectivity index (χ1n) is 13.1. The van der Waals surface area contributed by atoms with Crippen molar-refractivity contribution in [3.8, 4) is 33.4 Å². The molecule has 5 aromatic carbocycles. The van der Waals surface area contributed by atoms with Gasteiger partial charge in [0, 0.05) is 23.9 Å². The Bertz CT molecular complexity index is 2270. The minimum atomic E-state index is -3.11. The van der Waals surface area contributed by atoms with Gasteiger partial charge in [0.15, 0.2) is 93.1 Å². The van der Waals surface area contributed by atoms with Crippen LogP contribution in [0.15, 0.2) is 12.1 Å². The monoisotopic (exact) mass is 771 g/mol. The van der Waals surface area contributed by atoms with Gasteiger partial charge in [0.1, 0.15) is 5.69 Å². The number of rotatable bonds is 5. The van der Waals surface area contributed by atoms with Gasteiger partial charge in [0.2, 0.25) is 23.3 Å². The number of hydrogen-bond donors (Lipinski definition) is 0. The van der Waals surface area contributed by atoms with E-state index < -0.39 is 166 Å². The molecule has 21 heteroatoms. The maximum absolute atomic E-state index is 15.5. The second-order valence-corrected chi connectivity index (χ2v) is 10.2. The van der Waals surface area contributed by atoms with Crippen LogP contribution < -0.4 is 4.90 Å². The molecule has 5 rings (SSSR count). The fraction of sp³-hybridized carbons (Fsp3) is 0.0323. The molecule has 0 atom stereocenters. The SMILES string of the molecule is CN(c1ccc(-c2c(F)c(F)c(F)c(F)c2F)c(-c2c(F)c(F)c(F)c(F)c2F)c1-c1c(F)c(F)c(F)c(F)c1F)c1c(F)c(F)c(F)c(F)c1F. The molecule has 0 heterocycles. The maximum Gasteiger partial charge on any atom is 0.200 e. The van der Waals surface area contributed by atoms with Crippen LogP contribution in [0, 0.1) is 116 Å². The van der Waals surface area contributed by atoms with E-state index in [-0.39, 0.29) is 19.2 Å². The Morgan fingerprint density at radius 2 is 0.519 bits per heavy atom. The lowest BCUT2D eigenvalue weighted by Crippen LogP contribution is -2.19. The summed E-state index contributed by atoms with van der Waals surface area (Å²) in [5.74, 6) is -59.8. The van der Waals surface area contributed by atoms with Crippen LogP contribution in [-0.2, 0) is 0 Å². The number of benzene rings is 5. The van der Waals surface area contributed by atoms with Gasteiger partial charge in [-0.3, -0.25) is 0 Å². The van der Waals surface area contributed by atoms with Crippen LogP contribution in [0.5, 0.6) is 0 Å². The highest BCUT2D eigenvalue weighted by Crippen LogP contribution is 2.52. The summed E-state index contributed by atoms with van der Waals surface area (Å²) in [7, 11) is 0.156. The van der Waals surface area contributed by atoms with Crippen LogP contribution in [0.1, 0.15) is 0 Å². The van der Waals surface area contributed by atoms with Gasteiger partial charge in [-0.05, 0) is 11.6 Å². The standard InChI is InChI=1S/C31H5F20N/c1-52(31-29(50)27(48)26(47)28(49)30(31)51)5-3-2-4(7-11(32)17(38)23(44)18(39)12(7)33)6(9-13(34)19(40)24(45)20(41)14(9)35)8(5)10-15(36)21(42)25(46)22(43)16(10)37/h2-3H,1H3. The van der Waals surface area contributed by atoms with E-state index in [1.165, 1.54) is 0 Å². The molecule has 0 aliphatic heterocycles. The van der Waals surface area contributed by atoms with Crippen LogP contribution in [0.4, 0.5) is 99.2 Å². The van der Waals surface area contributed by atoms with E-state index in [2.05, 4.69) is 0 Å². The summed E-state index contributed by atoms with van der Waals surface area (Å²) in [6.07, 6.45) is 0. The van der Waals surface area contributed by atoms with Crippen LogP contribution in [-0.4, -0.2) is 7.05 Å². The molecule has 5 aromatic rings. The first-order valence-corrected chi connectivity index (χ1v) is 13.1. The van der Waals surface area contributed by atoms with E-state index in [1.54, 1.807) is 0 Å². The average Bonchev–Trinajstić information content (AvgIpc) is 3.12. The second kappa shape index (κ2) is 12.9. The van der Waals surface area contributed by atoms with E-state index in [9.17, 15) is 61.5 Å². The van der Waals surface area contributed by atoms with Crippen molar-refractivity contribution in [2.45, 2.75) is 0 Å². The Morgan fingerprint density at radius 1 is 0.269 bits per heavy atom. The van der Waals surface area contributed by atoms with Gasteiger partial charge >= 0.3 is 0 Å². The molecule has 0 bridgehead atoms. The van der Waals surface area contributed by atoms with Crippen LogP contribution in [0.3, 0.4) is 0 Å². The molecule has 0 spiro atoms. The molecule has 0 N–H and O–H groups in total. The molecule has 0 aliphatic carbocycles. The molecule has 52 heavy (non-hydrogen) atoms. The first kappa shape index (κ1) is 37.7. The summed E-state index contributed by atoms with van der Waals surface area (Å²) < 4.78 is 294. The Balaban J connectivity index is 2.20. The summed E-state index contributed by atoms with van der Waals surface area (Å²) in [6.45, 7) is 0. The third kappa shape index (κ3) is 5.18. The number of hydrogen-bond acceptors (Lipinski definition) is 1. The third-order valence-electron chi connectivity index (χ3n) is 7.47. The van der Waals surface area contributed by atoms with Crippen molar-refractivity contribution in [2.24, 2.45) is 0 Å². The van der Waals surface area contributed by atoms with Crippen molar-refractivity contribution in [3.63, 3.8) is 0 Å². The van der Waals surface area contributed by atoms with Crippen LogP contribution in [0.25, 0.3) is 33.4 Å². The summed E-state index contributed by atoms with van der Waals surface area (Å²) in [5.41, 5.74) is -18.6. The average molecular weight is 771 g/mol. The lowest BCUT2D eigenvalue weighted by atomic mass is 9.84. The molecular formula is C31H5F20N. The zero-order valence-electron chi connectivity index (χ0n) is 24.2. The van der Waals surface area contributed by atoms with Crippen molar-refractivity contribution >= 4 is 11.4 Å². The van der Waals surface area contributed by atoms with Crippen LogP contribution in [0.2, 0.25) is 0 Å². The molecule has 0 amide bonds. The summed E-state index contributed by atoms with van der Waals surface area (Å²) in [6, 6.07) is -0.229. The zero-order valence-corrected chi connectivity index (χ0v) is 24.2. The van der Waals surface area contributed by atoms with Gasteiger partial charge in [-0.1, -0.05) is 6.07 Å². The Hall–Kier alpha value is -5.50. The Morgan fingerprint density at radius 3 is 0.846 bits per heavy atom. The van der Waals surface area contributed by atoms with Crippen molar-refractivity contribution in [1.29, 1.82) is 0 Å². The number of anilines is 2. The van der Waals surface area contributed by atoms with Gasteiger partial charge in [0.25, 0.3) is 0 Å². The summed E-state index contributed by atoms with van der Waals surface area (Å²) in [4.78, 5) is -0.443. The largest absolute Gasteiger partial charge is 0.339 e. The van der Waals surface area contributed by atoms with E-state index in [4.69, 9.17) is 0 Å². The normalized spacial score (nSPS) is 11.6.